The van der Waals surface area contributed by atoms with Gasteiger partial charge in [0.25, 0.3) is 0 Å². The minimum absolute atomic E-state index is 0.463. The van der Waals surface area contributed by atoms with Crippen LogP contribution >= 0.6 is 0 Å². The molecule has 0 radical (unpaired) electrons. The molecule has 0 unspecified atom stereocenters. The molecule has 0 aromatic heterocycles. The van der Waals surface area contributed by atoms with Crippen LogP contribution in [0.3, 0.4) is 0 Å². The second-order valence-electron chi connectivity index (χ2n) is 6.43. The van der Waals surface area contributed by atoms with Crippen LogP contribution in [0.5, 0.6) is 0 Å². The molecule has 0 aliphatic heterocycles. The van der Waals surface area contributed by atoms with Crippen LogP contribution in [-0.2, 0) is 6.42 Å². The number of hydrogen-bond donors (Lipinski definition) is 1. The topological polar surface area (TPSA) is 27.6 Å². The fourth-order valence-corrected chi connectivity index (χ4v) is 2.98. The number of aliphatic imine (C=N–C) groups is 1. The van der Waals surface area contributed by atoms with E-state index in [4.69, 9.17) is 4.99 Å². The Bertz CT molecular complexity index is 704. The molecule has 0 aliphatic carbocycles. The van der Waals surface area contributed by atoms with Gasteiger partial charge in [-0.2, -0.15) is 0 Å². The third kappa shape index (κ3) is 4.85. The summed E-state index contributed by atoms with van der Waals surface area (Å²) in [6, 6.07) is 17.2. The van der Waals surface area contributed by atoms with E-state index >= 15 is 0 Å². The largest absolute Gasteiger partial charge is 0.326 e. The Kier molecular flexibility index (Phi) is 7.05. The highest BCUT2D eigenvalue weighted by molar-refractivity contribution is 6.05. The zero-order valence-electron chi connectivity index (χ0n) is 16.2. The number of nitrogens with zero attached hydrogens (tertiary/aromatic N) is 2. The fourth-order valence-electron chi connectivity index (χ4n) is 2.98. The van der Waals surface area contributed by atoms with E-state index < -0.39 is 0 Å². The van der Waals surface area contributed by atoms with E-state index in [-0.39, 0.29) is 0 Å². The van der Waals surface area contributed by atoms with Crippen molar-refractivity contribution in [2.24, 2.45) is 4.99 Å². The smallest absolute Gasteiger partial charge is 0.203 e. The number of aryl methyl sites for hydroxylation is 1. The highest BCUT2D eigenvalue weighted by Crippen LogP contribution is 2.25. The van der Waals surface area contributed by atoms with Crippen molar-refractivity contribution >= 4 is 17.3 Å². The molecule has 0 spiro atoms. The highest BCUT2D eigenvalue weighted by atomic mass is 15.3. The van der Waals surface area contributed by atoms with Crippen LogP contribution in [0.15, 0.2) is 53.5 Å². The summed E-state index contributed by atoms with van der Waals surface area (Å²) in [6.45, 7) is 12.5. The normalized spacial score (nSPS) is 11.7. The Hall–Kier alpha value is -2.29. The second kappa shape index (κ2) is 9.26. The van der Waals surface area contributed by atoms with E-state index in [0.717, 1.165) is 31.2 Å². The second-order valence-corrected chi connectivity index (χ2v) is 6.43. The molecule has 25 heavy (non-hydrogen) atoms. The lowest BCUT2D eigenvalue weighted by atomic mass is 10.0. The molecule has 0 saturated carbocycles. The maximum Gasteiger partial charge on any atom is 0.203 e. The number of nitrogens with one attached hydrogen (secondary N) is 1. The van der Waals surface area contributed by atoms with Crippen LogP contribution in [0.4, 0.5) is 11.4 Å². The fraction of sp³-hybridized carbons (Fsp3) is 0.409. The number of para-hydroxylation sites is 1. The lowest BCUT2D eigenvalue weighted by molar-refractivity contribution is 0.869. The summed E-state index contributed by atoms with van der Waals surface area (Å²) in [5.74, 6) is 1.37. The van der Waals surface area contributed by atoms with Gasteiger partial charge in [-0.05, 0) is 55.5 Å². The molecule has 0 fully saturated rings. The molecule has 3 heteroatoms. The third-order valence-corrected chi connectivity index (χ3v) is 4.34. The van der Waals surface area contributed by atoms with Gasteiger partial charge in [0, 0.05) is 24.5 Å². The average molecular weight is 338 g/mol. The molecule has 2 aromatic carbocycles. The van der Waals surface area contributed by atoms with Crippen LogP contribution in [0.2, 0.25) is 0 Å². The monoisotopic (exact) mass is 337 g/mol. The molecule has 0 heterocycles. The summed E-state index contributed by atoms with van der Waals surface area (Å²) in [6.07, 6.45) is 1.04. The van der Waals surface area contributed by atoms with Gasteiger partial charge in [-0.3, -0.25) is 4.99 Å². The SMILES string of the molecule is CCN=C(Nc1ccccc1C(C)C)N(CC)c1cccc(CC)c1. The van der Waals surface area contributed by atoms with Gasteiger partial charge in [-0.25, -0.2) is 0 Å². The van der Waals surface area contributed by atoms with E-state index in [9.17, 15) is 0 Å². The quantitative estimate of drug-likeness (QED) is 0.542. The average Bonchev–Trinajstić information content (AvgIpc) is 2.63. The minimum atomic E-state index is 0.463. The Morgan fingerprint density at radius 1 is 1.04 bits per heavy atom. The van der Waals surface area contributed by atoms with Gasteiger partial charge in [-0.15, -0.1) is 0 Å². The number of benzene rings is 2. The number of hydrogen-bond acceptors (Lipinski definition) is 1. The maximum atomic E-state index is 4.75. The van der Waals surface area contributed by atoms with Crippen molar-refractivity contribution < 1.29 is 0 Å². The Balaban J connectivity index is 2.38. The number of guanidine groups is 1. The van der Waals surface area contributed by atoms with Gasteiger partial charge >= 0.3 is 0 Å². The standard InChI is InChI=1S/C22H31N3/c1-6-18-12-11-13-19(16-18)25(8-3)22(23-7-2)24-21-15-10-9-14-20(21)17(4)5/h9-17H,6-8H2,1-5H3,(H,23,24). The Labute approximate surface area is 152 Å². The first kappa shape index (κ1) is 19.0. The van der Waals surface area contributed by atoms with Crippen molar-refractivity contribution in [1.29, 1.82) is 0 Å². The van der Waals surface area contributed by atoms with Crippen LogP contribution in [0.25, 0.3) is 0 Å². The van der Waals surface area contributed by atoms with Gasteiger partial charge in [0.2, 0.25) is 5.96 Å². The van der Waals surface area contributed by atoms with Crippen molar-refractivity contribution in [3.8, 4) is 0 Å². The van der Waals surface area contributed by atoms with E-state index in [1.165, 1.54) is 16.8 Å². The summed E-state index contributed by atoms with van der Waals surface area (Å²) < 4.78 is 0. The first-order valence-electron chi connectivity index (χ1n) is 9.37. The van der Waals surface area contributed by atoms with Gasteiger partial charge in [0.05, 0.1) is 0 Å². The van der Waals surface area contributed by atoms with Crippen LogP contribution in [0.1, 0.15) is 51.7 Å². The summed E-state index contributed by atoms with van der Waals surface area (Å²) in [7, 11) is 0. The zero-order valence-corrected chi connectivity index (χ0v) is 16.2. The molecule has 134 valence electrons. The van der Waals surface area contributed by atoms with Crippen molar-refractivity contribution in [1.82, 2.24) is 0 Å². The lowest BCUT2D eigenvalue weighted by Gasteiger charge is -2.27. The molecule has 0 saturated heterocycles. The molecular formula is C22H31N3. The molecule has 0 atom stereocenters. The molecule has 2 aromatic rings. The van der Waals surface area contributed by atoms with Crippen molar-refractivity contribution in [2.45, 2.75) is 47.0 Å². The van der Waals surface area contributed by atoms with E-state index in [1.54, 1.807) is 0 Å². The van der Waals surface area contributed by atoms with E-state index in [2.05, 4.69) is 93.4 Å². The maximum absolute atomic E-state index is 4.75. The zero-order chi connectivity index (χ0) is 18.2. The number of anilines is 2. The third-order valence-electron chi connectivity index (χ3n) is 4.34. The highest BCUT2D eigenvalue weighted by Gasteiger charge is 2.15. The Morgan fingerprint density at radius 3 is 2.44 bits per heavy atom. The van der Waals surface area contributed by atoms with E-state index in [1.807, 2.05) is 0 Å². The van der Waals surface area contributed by atoms with Crippen LogP contribution in [-0.4, -0.2) is 19.0 Å². The van der Waals surface area contributed by atoms with Gasteiger partial charge < -0.3 is 10.2 Å². The van der Waals surface area contributed by atoms with Gasteiger partial charge in [0.15, 0.2) is 0 Å². The molecule has 0 bridgehead atoms. The molecule has 0 amide bonds. The summed E-state index contributed by atoms with van der Waals surface area (Å²) in [5, 5.41) is 3.59. The molecule has 0 aliphatic rings. The molecular weight excluding hydrogens is 306 g/mol. The first-order valence-corrected chi connectivity index (χ1v) is 9.37. The van der Waals surface area contributed by atoms with E-state index in [0.29, 0.717) is 5.92 Å². The van der Waals surface area contributed by atoms with Gasteiger partial charge in [-0.1, -0.05) is 51.1 Å². The summed E-state index contributed by atoms with van der Waals surface area (Å²) in [4.78, 5) is 7.00. The molecule has 2 rings (SSSR count). The van der Waals surface area contributed by atoms with Gasteiger partial charge in [0.1, 0.15) is 0 Å². The summed E-state index contributed by atoms with van der Waals surface area (Å²) in [5.41, 5.74) is 4.97. The Morgan fingerprint density at radius 2 is 1.80 bits per heavy atom. The van der Waals surface area contributed by atoms with Crippen molar-refractivity contribution in [3.05, 3.63) is 59.7 Å². The predicted octanol–water partition coefficient (Wildman–Crippen LogP) is 5.69. The minimum Gasteiger partial charge on any atom is -0.326 e. The predicted molar refractivity (Wildman–Crippen MR) is 111 cm³/mol. The van der Waals surface area contributed by atoms with Crippen molar-refractivity contribution in [2.75, 3.05) is 23.3 Å². The first-order chi connectivity index (χ1) is 12.1. The number of rotatable bonds is 6. The lowest BCUT2D eigenvalue weighted by Crippen LogP contribution is -2.37. The van der Waals surface area contributed by atoms with Crippen LogP contribution < -0.4 is 10.2 Å². The molecule has 3 nitrogen and oxygen atoms in total. The van der Waals surface area contributed by atoms with Crippen molar-refractivity contribution in [3.63, 3.8) is 0 Å². The molecule has 1 N–H and O–H groups in total. The summed E-state index contributed by atoms with van der Waals surface area (Å²) >= 11 is 0. The van der Waals surface area contributed by atoms with Crippen LogP contribution in [0, 0.1) is 0 Å².